The lowest BCUT2D eigenvalue weighted by Gasteiger charge is -2.17. The first-order valence-corrected chi connectivity index (χ1v) is 8.35. The van der Waals surface area contributed by atoms with Gasteiger partial charge in [0, 0.05) is 17.7 Å². The molecule has 0 unspecified atom stereocenters. The van der Waals surface area contributed by atoms with Crippen LogP contribution in [0.25, 0.3) is 10.9 Å². The average Bonchev–Trinajstić information content (AvgIpc) is 2.44. The number of thioether (sulfide) groups is 1. The zero-order chi connectivity index (χ0) is 14.5. The Morgan fingerprint density at radius 1 is 1.10 bits per heavy atom. The van der Waals surface area contributed by atoms with Crippen LogP contribution in [0, 0.1) is 13.8 Å². The van der Waals surface area contributed by atoms with Gasteiger partial charge in [-0.2, -0.15) is 0 Å². The van der Waals surface area contributed by atoms with Gasteiger partial charge in [0.2, 0.25) is 0 Å². The van der Waals surface area contributed by atoms with E-state index in [1.165, 1.54) is 21.5 Å². The first-order chi connectivity index (χ1) is 9.63. The normalized spacial score (nSPS) is 11.4. The van der Waals surface area contributed by atoms with Gasteiger partial charge < -0.3 is 4.90 Å². The molecule has 0 amide bonds. The third kappa shape index (κ3) is 3.74. The van der Waals surface area contributed by atoms with E-state index in [4.69, 9.17) is 4.98 Å². The molecule has 20 heavy (non-hydrogen) atoms. The number of hydrogen-bond donors (Lipinski definition) is 0. The highest BCUT2D eigenvalue weighted by Gasteiger charge is 2.06. The first kappa shape index (κ1) is 15.3. The minimum Gasteiger partial charge on any atom is -0.303 e. The van der Waals surface area contributed by atoms with Crippen molar-refractivity contribution in [2.24, 2.45) is 0 Å². The molecule has 0 N–H and O–H groups in total. The van der Waals surface area contributed by atoms with Gasteiger partial charge in [0.15, 0.2) is 0 Å². The van der Waals surface area contributed by atoms with Crippen LogP contribution < -0.4 is 0 Å². The van der Waals surface area contributed by atoms with Gasteiger partial charge in [-0.05, 0) is 50.7 Å². The third-order valence-corrected chi connectivity index (χ3v) is 4.73. The lowest BCUT2D eigenvalue weighted by molar-refractivity contribution is 0.324. The van der Waals surface area contributed by atoms with Gasteiger partial charge in [-0.15, -0.1) is 11.8 Å². The molecule has 0 saturated carbocycles. The van der Waals surface area contributed by atoms with Crippen LogP contribution in [0.15, 0.2) is 29.3 Å². The molecule has 2 nitrogen and oxygen atoms in total. The van der Waals surface area contributed by atoms with E-state index in [9.17, 15) is 0 Å². The molecule has 1 aromatic carbocycles. The second-order valence-electron chi connectivity index (χ2n) is 5.18. The standard InChI is InChI=1S/C17H24N2S/c1-5-19(6-2)9-10-20-17-14(4)12-15-11-13(3)7-8-16(15)18-17/h7-8,11-12H,5-6,9-10H2,1-4H3. The van der Waals surface area contributed by atoms with Gasteiger partial charge in [0.1, 0.15) is 0 Å². The van der Waals surface area contributed by atoms with Gasteiger partial charge in [0.05, 0.1) is 10.5 Å². The molecule has 0 aliphatic rings. The molecule has 108 valence electrons. The summed E-state index contributed by atoms with van der Waals surface area (Å²) in [6, 6.07) is 8.72. The molecule has 0 aliphatic carbocycles. The number of fused-ring (bicyclic) bond motifs is 1. The fourth-order valence-corrected chi connectivity index (χ4v) is 3.33. The maximum Gasteiger partial charge on any atom is 0.0997 e. The van der Waals surface area contributed by atoms with Crippen LogP contribution in [0.1, 0.15) is 25.0 Å². The van der Waals surface area contributed by atoms with Crippen molar-refractivity contribution in [3.05, 3.63) is 35.4 Å². The van der Waals surface area contributed by atoms with Gasteiger partial charge in [-0.3, -0.25) is 0 Å². The van der Waals surface area contributed by atoms with Crippen molar-refractivity contribution in [3.63, 3.8) is 0 Å². The number of aryl methyl sites for hydroxylation is 2. The molecule has 0 fully saturated rings. The molecule has 0 bridgehead atoms. The highest BCUT2D eigenvalue weighted by molar-refractivity contribution is 7.99. The van der Waals surface area contributed by atoms with Crippen LogP contribution in [-0.4, -0.2) is 35.3 Å². The topological polar surface area (TPSA) is 16.1 Å². The highest BCUT2D eigenvalue weighted by atomic mass is 32.2. The van der Waals surface area contributed by atoms with Crippen LogP contribution in [0.2, 0.25) is 0 Å². The fourth-order valence-electron chi connectivity index (χ4n) is 2.34. The van der Waals surface area contributed by atoms with Crippen molar-refractivity contribution >= 4 is 22.7 Å². The predicted octanol–water partition coefficient (Wildman–Crippen LogP) is 4.29. The minimum atomic E-state index is 1.10. The monoisotopic (exact) mass is 288 g/mol. The zero-order valence-electron chi connectivity index (χ0n) is 12.9. The van der Waals surface area contributed by atoms with Crippen molar-refractivity contribution in [3.8, 4) is 0 Å². The van der Waals surface area contributed by atoms with Crippen LogP contribution >= 0.6 is 11.8 Å². The van der Waals surface area contributed by atoms with Crippen LogP contribution in [-0.2, 0) is 0 Å². The lowest BCUT2D eigenvalue weighted by Crippen LogP contribution is -2.25. The molecule has 0 saturated heterocycles. The summed E-state index contributed by atoms with van der Waals surface area (Å²) in [5.41, 5.74) is 3.68. The molecule has 1 heterocycles. The summed E-state index contributed by atoms with van der Waals surface area (Å²) >= 11 is 1.87. The van der Waals surface area contributed by atoms with Gasteiger partial charge >= 0.3 is 0 Å². The Hall–Kier alpha value is -1.06. The number of hydrogen-bond acceptors (Lipinski definition) is 3. The summed E-state index contributed by atoms with van der Waals surface area (Å²) in [5, 5.41) is 2.42. The summed E-state index contributed by atoms with van der Waals surface area (Å²) in [6.07, 6.45) is 0. The first-order valence-electron chi connectivity index (χ1n) is 7.37. The van der Waals surface area contributed by atoms with Crippen LogP contribution in [0.4, 0.5) is 0 Å². The average molecular weight is 288 g/mol. The van der Waals surface area contributed by atoms with E-state index in [2.05, 4.69) is 56.9 Å². The molecular weight excluding hydrogens is 264 g/mol. The lowest BCUT2D eigenvalue weighted by atomic mass is 10.1. The summed E-state index contributed by atoms with van der Waals surface area (Å²) < 4.78 is 0. The molecule has 2 aromatic rings. The smallest absolute Gasteiger partial charge is 0.0997 e. The van der Waals surface area contributed by atoms with Crippen LogP contribution in [0.5, 0.6) is 0 Å². The Balaban J connectivity index is 2.10. The van der Waals surface area contributed by atoms with E-state index < -0.39 is 0 Å². The predicted molar refractivity (Wildman–Crippen MR) is 89.7 cm³/mol. The Morgan fingerprint density at radius 3 is 2.55 bits per heavy atom. The summed E-state index contributed by atoms with van der Waals surface area (Å²) in [6.45, 7) is 12.1. The number of aromatic nitrogens is 1. The SMILES string of the molecule is CCN(CC)CCSc1nc2ccc(C)cc2cc1C. The van der Waals surface area contributed by atoms with E-state index in [1.807, 2.05) is 11.8 Å². The molecular formula is C17H24N2S. The van der Waals surface area contributed by atoms with Crippen molar-refractivity contribution in [2.75, 3.05) is 25.4 Å². The maximum absolute atomic E-state index is 4.81. The molecule has 3 heteroatoms. The molecule has 0 radical (unpaired) electrons. The number of rotatable bonds is 6. The van der Waals surface area contributed by atoms with E-state index >= 15 is 0 Å². The van der Waals surface area contributed by atoms with E-state index in [1.54, 1.807) is 0 Å². The second-order valence-corrected chi connectivity index (χ2v) is 6.27. The van der Waals surface area contributed by atoms with Crippen molar-refractivity contribution in [1.29, 1.82) is 0 Å². The Bertz CT molecular complexity index is 576. The maximum atomic E-state index is 4.81. The Kier molecular flexibility index (Phi) is 5.44. The zero-order valence-corrected chi connectivity index (χ0v) is 13.8. The highest BCUT2D eigenvalue weighted by Crippen LogP contribution is 2.25. The third-order valence-electron chi connectivity index (χ3n) is 3.66. The van der Waals surface area contributed by atoms with Gasteiger partial charge in [0.25, 0.3) is 0 Å². The van der Waals surface area contributed by atoms with Crippen LogP contribution in [0.3, 0.4) is 0 Å². The summed E-state index contributed by atoms with van der Waals surface area (Å²) in [7, 11) is 0. The molecule has 1 aromatic heterocycles. The Morgan fingerprint density at radius 2 is 1.85 bits per heavy atom. The number of pyridine rings is 1. The number of benzene rings is 1. The Labute approximate surface area is 126 Å². The molecule has 0 atom stereocenters. The summed E-state index contributed by atoms with van der Waals surface area (Å²) in [5.74, 6) is 1.10. The number of nitrogens with zero attached hydrogens (tertiary/aromatic N) is 2. The van der Waals surface area contributed by atoms with E-state index in [-0.39, 0.29) is 0 Å². The van der Waals surface area contributed by atoms with Crippen molar-refractivity contribution in [1.82, 2.24) is 9.88 Å². The largest absolute Gasteiger partial charge is 0.303 e. The minimum absolute atomic E-state index is 1.10. The van der Waals surface area contributed by atoms with Crippen molar-refractivity contribution < 1.29 is 0 Å². The molecule has 2 rings (SSSR count). The van der Waals surface area contributed by atoms with E-state index in [0.717, 1.165) is 30.9 Å². The van der Waals surface area contributed by atoms with E-state index in [0.29, 0.717) is 0 Å². The second kappa shape index (κ2) is 7.09. The van der Waals surface area contributed by atoms with Crippen molar-refractivity contribution in [2.45, 2.75) is 32.7 Å². The summed E-state index contributed by atoms with van der Waals surface area (Å²) in [4.78, 5) is 7.26. The van der Waals surface area contributed by atoms with Gasteiger partial charge in [-0.1, -0.05) is 25.5 Å². The fraction of sp³-hybridized carbons (Fsp3) is 0.471. The quantitative estimate of drug-likeness (QED) is 0.738. The molecule has 0 aliphatic heterocycles. The van der Waals surface area contributed by atoms with Gasteiger partial charge in [-0.25, -0.2) is 4.98 Å². The molecule has 0 spiro atoms.